The summed E-state index contributed by atoms with van der Waals surface area (Å²) < 4.78 is 0.785. The van der Waals surface area contributed by atoms with Gasteiger partial charge in [0.25, 0.3) is 11.6 Å². The monoisotopic (exact) mass is 392 g/mol. The number of aromatic nitrogens is 4. The lowest BCUT2D eigenvalue weighted by Crippen LogP contribution is -2.26. The maximum Gasteiger partial charge on any atom is 0.271 e. The van der Waals surface area contributed by atoms with Crippen LogP contribution >= 0.6 is 15.9 Å². The van der Waals surface area contributed by atoms with Crippen molar-refractivity contribution >= 4 is 44.4 Å². The average Bonchev–Trinajstić information content (AvgIpc) is 2.97. The molecule has 24 heavy (non-hydrogen) atoms. The van der Waals surface area contributed by atoms with Crippen LogP contribution < -0.4 is 10.2 Å². The molecule has 1 N–H and O–H groups in total. The molecule has 0 aliphatic carbocycles. The number of hydrogen-bond donors (Lipinski definition) is 1. The molecule has 10 nitrogen and oxygen atoms in total. The molecule has 0 fully saturated rings. The van der Waals surface area contributed by atoms with E-state index in [0.29, 0.717) is 16.9 Å². The summed E-state index contributed by atoms with van der Waals surface area (Å²) in [5, 5.41) is 20.9. The minimum atomic E-state index is -0.539. The van der Waals surface area contributed by atoms with E-state index in [4.69, 9.17) is 4.84 Å². The lowest BCUT2D eigenvalue weighted by atomic mass is 10.3. The Morgan fingerprint density at radius 2 is 2.21 bits per heavy atom. The fourth-order valence-electron chi connectivity index (χ4n) is 1.84. The highest BCUT2D eigenvalue weighted by Crippen LogP contribution is 2.18. The number of anilines is 1. The molecule has 122 valence electrons. The largest absolute Gasteiger partial charge is 0.385 e. The third-order valence-corrected chi connectivity index (χ3v) is 3.39. The predicted molar refractivity (Wildman–Crippen MR) is 86.2 cm³/mol. The standard InChI is InChI=1S/C13H9BrN6O4/c14-8-1-4-12(15-6-8)16-13(21)7-24-19-11-5-9(20(22)23)2-3-10(11)17-18-19/h1-6H,7H2,(H,15,16,21). The van der Waals surface area contributed by atoms with Crippen molar-refractivity contribution in [3.63, 3.8) is 0 Å². The number of nitrogens with one attached hydrogen (secondary N) is 1. The van der Waals surface area contributed by atoms with Crippen molar-refractivity contribution < 1.29 is 14.6 Å². The van der Waals surface area contributed by atoms with Crippen LogP contribution in [-0.2, 0) is 4.79 Å². The van der Waals surface area contributed by atoms with Gasteiger partial charge in [-0.3, -0.25) is 14.9 Å². The molecule has 0 saturated heterocycles. The van der Waals surface area contributed by atoms with Gasteiger partial charge in [0.2, 0.25) is 0 Å². The van der Waals surface area contributed by atoms with Crippen LogP contribution in [0.15, 0.2) is 41.0 Å². The van der Waals surface area contributed by atoms with Crippen molar-refractivity contribution in [1.29, 1.82) is 0 Å². The Morgan fingerprint density at radius 1 is 1.38 bits per heavy atom. The number of hydrogen-bond acceptors (Lipinski definition) is 7. The Morgan fingerprint density at radius 3 is 2.92 bits per heavy atom. The highest BCUT2D eigenvalue weighted by atomic mass is 79.9. The van der Waals surface area contributed by atoms with Gasteiger partial charge in [0, 0.05) is 22.8 Å². The number of pyridine rings is 1. The van der Waals surface area contributed by atoms with Gasteiger partial charge in [0.15, 0.2) is 6.61 Å². The molecule has 3 rings (SSSR count). The SMILES string of the molecule is O=C(COn1nnc2ccc([N+](=O)[O-])cc21)Nc1ccc(Br)cn1. The number of carbonyl (C=O) groups excluding carboxylic acids is 1. The normalized spacial score (nSPS) is 10.5. The second kappa shape index (κ2) is 6.58. The highest BCUT2D eigenvalue weighted by Gasteiger charge is 2.13. The molecule has 3 aromatic rings. The predicted octanol–water partition coefficient (Wildman–Crippen LogP) is 1.56. The van der Waals surface area contributed by atoms with Crippen molar-refractivity contribution in [1.82, 2.24) is 20.1 Å². The average molecular weight is 393 g/mol. The number of carbonyl (C=O) groups is 1. The quantitative estimate of drug-likeness (QED) is 0.515. The molecular weight excluding hydrogens is 384 g/mol. The number of nitrogens with zero attached hydrogens (tertiary/aromatic N) is 5. The van der Waals surface area contributed by atoms with Gasteiger partial charge in [-0.1, -0.05) is 4.85 Å². The first kappa shape index (κ1) is 15.8. The van der Waals surface area contributed by atoms with E-state index in [1.54, 1.807) is 18.3 Å². The van der Waals surface area contributed by atoms with Gasteiger partial charge in [0.05, 0.1) is 4.92 Å². The van der Waals surface area contributed by atoms with E-state index in [0.717, 1.165) is 9.32 Å². The summed E-state index contributed by atoms with van der Waals surface area (Å²) in [6.45, 7) is -0.362. The van der Waals surface area contributed by atoms with Crippen molar-refractivity contribution in [3.05, 3.63) is 51.1 Å². The smallest absolute Gasteiger partial charge is 0.271 e. The van der Waals surface area contributed by atoms with Crippen LogP contribution in [0.25, 0.3) is 11.0 Å². The van der Waals surface area contributed by atoms with Gasteiger partial charge in [-0.2, -0.15) is 0 Å². The number of nitro groups is 1. The topological polar surface area (TPSA) is 125 Å². The Balaban J connectivity index is 1.68. The van der Waals surface area contributed by atoms with Crippen LogP contribution in [-0.4, -0.2) is 37.6 Å². The minimum absolute atomic E-state index is 0.127. The molecule has 11 heteroatoms. The highest BCUT2D eigenvalue weighted by molar-refractivity contribution is 9.10. The van der Waals surface area contributed by atoms with Crippen LogP contribution in [0.3, 0.4) is 0 Å². The van der Waals surface area contributed by atoms with Gasteiger partial charge >= 0.3 is 0 Å². The molecule has 0 aliphatic heterocycles. The van der Waals surface area contributed by atoms with Crippen LogP contribution in [0.5, 0.6) is 0 Å². The Labute approximate surface area is 142 Å². The zero-order chi connectivity index (χ0) is 17.1. The van der Waals surface area contributed by atoms with E-state index in [9.17, 15) is 14.9 Å². The van der Waals surface area contributed by atoms with Gasteiger partial charge in [-0.05, 0) is 39.3 Å². The van der Waals surface area contributed by atoms with E-state index in [1.165, 1.54) is 18.2 Å². The third-order valence-electron chi connectivity index (χ3n) is 2.92. The second-order valence-electron chi connectivity index (χ2n) is 4.58. The van der Waals surface area contributed by atoms with Crippen molar-refractivity contribution in [2.75, 3.05) is 11.9 Å². The van der Waals surface area contributed by atoms with E-state index < -0.39 is 10.8 Å². The first-order valence-electron chi connectivity index (χ1n) is 6.57. The number of halogens is 1. The third kappa shape index (κ3) is 3.46. The lowest BCUT2D eigenvalue weighted by Gasteiger charge is -2.06. The van der Waals surface area contributed by atoms with E-state index in [2.05, 4.69) is 36.5 Å². The van der Waals surface area contributed by atoms with Crippen molar-refractivity contribution in [2.24, 2.45) is 0 Å². The van der Waals surface area contributed by atoms with Gasteiger partial charge < -0.3 is 10.2 Å². The molecule has 0 saturated carbocycles. The molecular formula is C13H9BrN6O4. The molecule has 0 spiro atoms. The summed E-state index contributed by atoms with van der Waals surface area (Å²) in [4.78, 5) is 32.3. The van der Waals surface area contributed by atoms with Gasteiger partial charge in [-0.15, -0.1) is 5.10 Å². The minimum Gasteiger partial charge on any atom is -0.385 e. The summed E-state index contributed by atoms with van der Waals surface area (Å²) in [5.41, 5.74) is 0.576. The fraction of sp³-hybridized carbons (Fsp3) is 0.0769. The van der Waals surface area contributed by atoms with Crippen LogP contribution in [0.4, 0.5) is 11.5 Å². The first-order valence-corrected chi connectivity index (χ1v) is 7.37. The molecule has 1 amide bonds. The Kier molecular flexibility index (Phi) is 4.33. The lowest BCUT2D eigenvalue weighted by molar-refractivity contribution is -0.384. The first-order chi connectivity index (χ1) is 11.5. The number of rotatable bonds is 5. The van der Waals surface area contributed by atoms with Gasteiger partial charge in [0.1, 0.15) is 16.9 Å². The molecule has 0 unspecified atom stereocenters. The second-order valence-corrected chi connectivity index (χ2v) is 5.49. The van der Waals surface area contributed by atoms with Crippen molar-refractivity contribution in [3.8, 4) is 0 Å². The van der Waals surface area contributed by atoms with Crippen molar-refractivity contribution in [2.45, 2.75) is 0 Å². The zero-order valence-corrected chi connectivity index (χ0v) is 13.5. The summed E-state index contributed by atoms with van der Waals surface area (Å²) in [6.07, 6.45) is 1.54. The van der Waals surface area contributed by atoms with Crippen LogP contribution in [0.2, 0.25) is 0 Å². The maximum absolute atomic E-state index is 11.8. The number of non-ortho nitro benzene ring substituents is 1. The number of fused-ring (bicyclic) bond motifs is 1. The van der Waals surface area contributed by atoms with Crippen LogP contribution in [0.1, 0.15) is 0 Å². The van der Waals surface area contributed by atoms with E-state index >= 15 is 0 Å². The number of amides is 1. The van der Waals surface area contributed by atoms with Gasteiger partial charge in [-0.25, -0.2) is 4.98 Å². The number of benzene rings is 1. The molecule has 0 atom stereocenters. The molecule has 0 aliphatic rings. The van der Waals surface area contributed by atoms with E-state index in [1.807, 2.05) is 0 Å². The molecule has 1 aromatic carbocycles. The maximum atomic E-state index is 11.8. The molecule has 0 radical (unpaired) electrons. The zero-order valence-electron chi connectivity index (χ0n) is 11.9. The van der Waals surface area contributed by atoms with Crippen LogP contribution in [0, 0.1) is 10.1 Å². The summed E-state index contributed by atoms with van der Waals surface area (Å²) in [6, 6.07) is 7.38. The summed E-state index contributed by atoms with van der Waals surface area (Å²) in [5.74, 6) is -0.0928. The fourth-order valence-corrected chi connectivity index (χ4v) is 2.08. The molecule has 0 bridgehead atoms. The Bertz CT molecular complexity index is 910. The molecule has 2 aromatic heterocycles. The number of nitro benzene ring substituents is 1. The summed E-state index contributed by atoms with van der Waals surface area (Å²) in [7, 11) is 0. The van der Waals surface area contributed by atoms with E-state index in [-0.39, 0.29) is 12.3 Å². The molecule has 2 heterocycles. The summed E-state index contributed by atoms with van der Waals surface area (Å²) >= 11 is 3.24. The Hall–Kier alpha value is -3.08.